The Bertz CT molecular complexity index is 475. The monoisotopic (exact) mass is 364 g/mol. The number of hydrogen-bond acceptors (Lipinski definition) is 4. The molecule has 0 saturated carbocycles. The largest absolute Gasteiger partial charge is 0.357 e. The minimum Gasteiger partial charge on any atom is -0.357 e. The van der Waals surface area contributed by atoms with E-state index in [9.17, 15) is 4.79 Å². The Morgan fingerprint density at radius 2 is 1.96 bits per heavy atom. The van der Waals surface area contributed by atoms with Gasteiger partial charge in [-0.2, -0.15) is 0 Å². The minimum absolute atomic E-state index is 0.333. The molecule has 7 nitrogen and oxygen atoms in total. The van der Waals surface area contributed by atoms with E-state index >= 15 is 0 Å². The van der Waals surface area contributed by atoms with Crippen molar-refractivity contribution in [3.63, 3.8) is 0 Å². The number of carbonyl (C=O) groups is 1. The van der Waals surface area contributed by atoms with Crippen molar-refractivity contribution in [1.82, 2.24) is 25.3 Å². The molecule has 4 rings (SSSR count). The van der Waals surface area contributed by atoms with Gasteiger partial charge in [-0.1, -0.05) is 6.42 Å². The van der Waals surface area contributed by atoms with Crippen LogP contribution in [0.3, 0.4) is 0 Å². The third kappa shape index (κ3) is 5.58. The first-order valence-corrected chi connectivity index (χ1v) is 10.5. The molecule has 0 aliphatic carbocycles. The highest BCUT2D eigenvalue weighted by molar-refractivity contribution is 5.79. The second kappa shape index (κ2) is 10.1. The van der Waals surface area contributed by atoms with E-state index < -0.39 is 0 Å². The Morgan fingerprint density at radius 1 is 1.12 bits per heavy atom. The van der Waals surface area contributed by atoms with Gasteiger partial charge < -0.3 is 15.5 Å². The Labute approximate surface area is 158 Å². The Kier molecular flexibility index (Phi) is 7.55. The molecule has 4 saturated heterocycles. The summed E-state index contributed by atoms with van der Waals surface area (Å²) in [5.41, 5.74) is 0. The van der Waals surface area contributed by atoms with Gasteiger partial charge in [0, 0.05) is 71.4 Å². The first-order chi connectivity index (χ1) is 12.8. The van der Waals surface area contributed by atoms with Crippen molar-refractivity contribution < 1.29 is 4.79 Å². The summed E-state index contributed by atoms with van der Waals surface area (Å²) in [6, 6.07) is 0.558. The molecule has 0 aromatic carbocycles. The first-order valence-electron chi connectivity index (χ1n) is 10.5. The van der Waals surface area contributed by atoms with Crippen molar-refractivity contribution in [3.8, 4) is 0 Å². The van der Waals surface area contributed by atoms with Crippen LogP contribution >= 0.6 is 0 Å². The van der Waals surface area contributed by atoms with Gasteiger partial charge in [0.2, 0.25) is 5.91 Å². The number of amides is 1. The molecule has 26 heavy (non-hydrogen) atoms. The number of piperazine rings is 3. The van der Waals surface area contributed by atoms with Gasteiger partial charge in [0.1, 0.15) is 0 Å². The molecule has 0 spiro atoms. The molecule has 0 aromatic rings. The SMILES string of the molecule is CCNC(=NCC1CN2CCN1CC2)NCCCN1CCCCCC1=O. The van der Waals surface area contributed by atoms with Gasteiger partial charge >= 0.3 is 0 Å². The summed E-state index contributed by atoms with van der Waals surface area (Å²) in [4.78, 5) is 24.0. The number of nitrogens with zero attached hydrogens (tertiary/aromatic N) is 4. The average Bonchev–Trinajstić information content (AvgIpc) is 2.88. The lowest BCUT2D eigenvalue weighted by atomic mass is 10.1. The smallest absolute Gasteiger partial charge is 0.222 e. The average molecular weight is 365 g/mol. The van der Waals surface area contributed by atoms with Crippen molar-refractivity contribution in [2.24, 2.45) is 4.99 Å². The number of rotatable bonds is 7. The fourth-order valence-corrected chi connectivity index (χ4v) is 4.19. The van der Waals surface area contributed by atoms with Gasteiger partial charge in [0.15, 0.2) is 5.96 Å². The molecule has 1 unspecified atom stereocenters. The van der Waals surface area contributed by atoms with Crippen LogP contribution in [0.5, 0.6) is 0 Å². The Hall–Kier alpha value is -1.34. The van der Waals surface area contributed by atoms with Crippen molar-refractivity contribution in [2.75, 3.05) is 65.4 Å². The van der Waals surface area contributed by atoms with Crippen LogP contribution in [0.25, 0.3) is 0 Å². The highest BCUT2D eigenvalue weighted by Gasteiger charge is 2.31. The summed E-state index contributed by atoms with van der Waals surface area (Å²) >= 11 is 0. The van der Waals surface area contributed by atoms with E-state index in [1.807, 2.05) is 4.90 Å². The fourth-order valence-electron chi connectivity index (χ4n) is 4.19. The molecule has 4 aliphatic heterocycles. The predicted octanol–water partition coefficient (Wildman–Crippen LogP) is 0.334. The summed E-state index contributed by atoms with van der Waals surface area (Å²) in [6.45, 7) is 12.4. The third-order valence-corrected chi connectivity index (χ3v) is 5.77. The molecule has 1 atom stereocenters. The molecule has 2 N–H and O–H groups in total. The lowest BCUT2D eigenvalue weighted by Crippen LogP contribution is -2.62. The van der Waals surface area contributed by atoms with Gasteiger partial charge in [0.05, 0.1) is 6.54 Å². The number of aliphatic imine (C=N–C) groups is 1. The number of carbonyl (C=O) groups excluding carboxylic acids is 1. The molecule has 0 radical (unpaired) electrons. The van der Waals surface area contributed by atoms with Gasteiger partial charge in [-0.25, -0.2) is 0 Å². The molecule has 148 valence electrons. The van der Waals surface area contributed by atoms with Crippen LogP contribution in [-0.2, 0) is 4.79 Å². The maximum absolute atomic E-state index is 12.0. The topological polar surface area (TPSA) is 63.2 Å². The fraction of sp³-hybridized carbons (Fsp3) is 0.895. The lowest BCUT2D eigenvalue weighted by molar-refractivity contribution is -0.130. The molecule has 4 fully saturated rings. The van der Waals surface area contributed by atoms with Crippen LogP contribution in [0.15, 0.2) is 4.99 Å². The first kappa shape index (κ1) is 19.4. The van der Waals surface area contributed by atoms with E-state index in [4.69, 9.17) is 4.99 Å². The number of fused-ring (bicyclic) bond motifs is 3. The van der Waals surface area contributed by atoms with E-state index in [1.165, 1.54) is 32.6 Å². The van der Waals surface area contributed by atoms with Crippen LogP contribution in [0.4, 0.5) is 0 Å². The van der Waals surface area contributed by atoms with E-state index in [0.29, 0.717) is 11.9 Å². The zero-order chi connectivity index (χ0) is 18.2. The van der Waals surface area contributed by atoms with Crippen molar-refractivity contribution in [2.45, 2.75) is 45.1 Å². The van der Waals surface area contributed by atoms with Gasteiger partial charge in [0.25, 0.3) is 0 Å². The molecular weight excluding hydrogens is 328 g/mol. The van der Waals surface area contributed by atoms with Gasteiger partial charge in [-0.05, 0) is 26.2 Å². The van der Waals surface area contributed by atoms with Crippen molar-refractivity contribution in [1.29, 1.82) is 0 Å². The van der Waals surface area contributed by atoms with Crippen LogP contribution in [0, 0.1) is 0 Å². The number of nitrogens with one attached hydrogen (secondary N) is 2. The lowest BCUT2D eigenvalue weighted by Gasteiger charge is -2.47. The summed E-state index contributed by atoms with van der Waals surface area (Å²) in [5, 5.41) is 6.79. The second-order valence-corrected chi connectivity index (χ2v) is 7.68. The number of hydrogen-bond donors (Lipinski definition) is 2. The van der Waals surface area contributed by atoms with E-state index in [1.54, 1.807) is 0 Å². The van der Waals surface area contributed by atoms with Crippen LogP contribution in [0.2, 0.25) is 0 Å². The van der Waals surface area contributed by atoms with Gasteiger partial charge in [-0.15, -0.1) is 0 Å². The zero-order valence-electron chi connectivity index (χ0n) is 16.4. The quantitative estimate of drug-likeness (QED) is 0.387. The highest BCUT2D eigenvalue weighted by atomic mass is 16.2. The zero-order valence-corrected chi connectivity index (χ0v) is 16.4. The summed E-state index contributed by atoms with van der Waals surface area (Å²) in [6.07, 6.45) is 5.10. The maximum Gasteiger partial charge on any atom is 0.222 e. The second-order valence-electron chi connectivity index (χ2n) is 7.68. The predicted molar refractivity (Wildman–Crippen MR) is 105 cm³/mol. The molecule has 0 aromatic heterocycles. The Morgan fingerprint density at radius 3 is 2.69 bits per heavy atom. The molecule has 7 heteroatoms. The highest BCUT2D eigenvalue weighted by Crippen LogP contribution is 2.15. The van der Waals surface area contributed by atoms with E-state index in [-0.39, 0.29) is 0 Å². The van der Waals surface area contributed by atoms with E-state index in [2.05, 4.69) is 27.4 Å². The third-order valence-electron chi connectivity index (χ3n) is 5.77. The standard InChI is InChI=1S/C19H36N6O/c1-2-20-19(22-15-17-16-23-11-13-24(17)14-12-23)21-8-6-10-25-9-5-3-4-7-18(25)26/h17H,2-16H2,1H3,(H2,20,21,22). The molecule has 4 heterocycles. The van der Waals surface area contributed by atoms with Crippen LogP contribution in [0.1, 0.15) is 39.0 Å². The summed E-state index contributed by atoms with van der Waals surface area (Å²) in [7, 11) is 0. The molecule has 4 aliphatic rings. The van der Waals surface area contributed by atoms with Crippen molar-refractivity contribution >= 4 is 11.9 Å². The minimum atomic E-state index is 0.333. The summed E-state index contributed by atoms with van der Waals surface area (Å²) in [5.74, 6) is 1.24. The van der Waals surface area contributed by atoms with E-state index in [0.717, 1.165) is 70.9 Å². The number of likely N-dealkylation sites (tertiary alicyclic amines) is 1. The normalized spacial score (nSPS) is 29.6. The maximum atomic E-state index is 12.0. The molecular formula is C19H36N6O. The number of guanidine groups is 1. The van der Waals surface area contributed by atoms with Gasteiger partial charge in [-0.3, -0.25) is 19.6 Å². The summed E-state index contributed by atoms with van der Waals surface area (Å²) < 4.78 is 0. The van der Waals surface area contributed by atoms with Crippen molar-refractivity contribution in [3.05, 3.63) is 0 Å². The van der Waals surface area contributed by atoms with Crippen LogP contribution in [-0.4, -0.2) is 98.1 Å². The Balaban J connectivity index is 1.39. The molecule has 2 bridgehead atoms. The van der Waals surface area contributed by atoms with Crippen LogP contribution < -0.4 is 10.6 Å². The molecule has 1 amide bonds.